The van der Waals surface area contributed by atoms with Gasteiger partial charge in [0.15, 0.2) is 5.82 Å². The fraction of sp³-hybridized carbons (Fsp3) is 0.0909. The van der Waals surface area contributed by atoms with Crippen LogP contribution in [0.5, 0.6) is 0 Å². The summed E-state index contributed by atoms with van der Waals surface area (Å²) in [7, 11) is 0. The van der Waals surface area contributed by atoms with Gasteiger partial charge in [-0.1, -0.05) is 41.6 Å². The highest BCUT2D eigenvalue weighted by molar-refractivity contribution is 7.98. The Morgan fingerprint density at radius 2 is 2.12 bits per heavy atom. The van der Waals surface area contributed by atoms with Crippen LogP contribution in [0.3, 0.4) is 0 Å². The van der Waals surface area contributed by atoms with Crippen molar-refractivity contribution in [1.82, 2.24) is 9.97 Å². The number of halogens is 1. The van der Waals surface area contributed by atoms with Crippen LogP contribution >= 0.6 is 23.4 Å². The third-order valence-electron chi connectivity index (χ3n) is 2.09. The maximum atomic E-state index is 6.07. The molecule has 6 heteroatoms. The number of nitrogens with one attached hydrogen (secondary N) is 1. The number of anilines is 1. The molecule has 0 aliphatic heterocycles. The van der Waals surface area contributed by atoms with Crippen LogP contribution in [0.4, 0.5) is 5.82 Å². The molecule has 0 bridgehead atoms. The van der Waals surface area contributed by atoms with Gasteiger partial charge in [-0.25, -0.2) is 10.8 Å². The van der Waals surface area contributed by atoms with Crippen LogP contribution < -0.4 is 11.3 Å². The van der Waals surface area contributed by atoms with E-state index in [9.17, 15) is 0 Å². The molecule has 88 valence electrons. The molecule has 0 amide bonds. The molecule has 2 rings (SSSR count). The van der Waals surface area contributed by atoms with Gasteiger partial charge in [-0.15, -0.1) is 0 Å². The molecule has 3 N–H and O–H groups in total. The molecular weight excluding hydrogens is 256 g/mol. The third-order valence-corrected chi connectivity index (χ3v) is 3.41. The van der Waals surface area contributed by atoms with Crippen molar-refractivity contribution >= 4 is 29.2 Å². The van der Waals surface area contributed by atoms with Crippen molar-refractivity contribution in [3.63, 3.8) is 0 Å². The molecule has 0 fully saturated rings. The molecule has 0 radical (unpaired) electrons. The van der Waals surface area contributed by atoms with Crippen LogP contribution in [0.25, 0.3) is 0 Å². The number of nitrogens with zero attached hydrogens (tertiary/aromatic N) is 2. The Kier molecular flexibility index (Phi) is 4.19. The first-order chi connectivity index (χ1) is 8.29. The van der Waals surface area contributed by atoms with Crippen molar-refractivity contribution in [1.29, 1.82) is 0 Å². The number of thioether (sulfide) groups is 1. The first kappa shape index (κ1) is 12.2. The zero-order chi connectivity index (χ0) is 12.1. The molecule has 0 aliphatic rings. The average Bonchev–Trinajstić information content (AvgIpc) is 2.38. The topological polar surface area (TPSA) is 63.8 Å². The summed E-state index contributed by atoms with van der Waals surface area (Å²) in [5.41, 5.74) is 3.54. The number of hydrogen-bond acceptors (Lipinski definition) is 5. The van der Waals surface area contributed by atoms with E-state index in [0.717, 1.165) is 21.4 Å². The first-order valence-electron chi connectivity index (χ1n) is 4.94. The molecule has 0 atom stereocenters. The van der Waals surface area contributed by atoms with E-state index in [2.05, 4.69) is 15.4 Å². The first-order valence-corrected chi connectivity index (χ1v) is 6.31. The summed E-state index contributed by atoms with van der Waals surface area (Å²) >= 11 is 7.63. The lowest BCUT2D eigenvalue weighted by Gasteiger charge is -2.04. The van der Waals surface area contributed by atoms with Gasteiger partial charge in [0.2, 0.25) is 0 Å². The van der Waals surface area contributed by atoms with Gasteiger partial charge in [0, 0.05) is 10.8 Å². The Morgan fingerprint density at radius 1 is 1.29 bits per heavy atom. The Hall–Kier alpha value is -1.30. The highest BCUT2D eigenvalue weighted by atomic mass is 35.5. The summed E-state index contributed by atoms with van der Waals surface area (Å²) in [6.45, 7) is 0. The molecule has 0 aliphatic carbocycles. The second-order valence-electron chi connectivity index (χ2n) is 3.27. The number of benzene rings is 1. The van der Waals surface area contributed by atoms with Crippen molar-refractivity contribution < 1.29 is 0 Å². The molecule has 0 unspecified atom stereocenters. The number of nitrogen functional groups attached to an aromatic ring is 1. The molecule has 1 aromatic heterocycles. The van der Waals surface area contributed by atoms with Crippen molar-refractivity contribution in [2.75, 3.05) is 5.43 Å². The Balaban J connectivity index is 2.05. The molecule has 4 nitrogen and oxygen atoms in total. The number of hydrazine groups is 1. The lowest BCUT2D eigenvalue weighted by molar-refractivity contribution is 1.04. The lowest BCUT2D eigenvalue weighted by Crippen LogP contribution is -2.08. The van der Waals surface area contributed by atoms with E-state index < -0.39 is 0 Å². The van der Waals surface area contributed by atoms with Crippen molar-refractivity contribution in [3.8, 4) is 0 Å². The van der Waals surface area contributed by atoms with E-state index in [1.807, 2.05) is 24.3 Å². The smallest absolute Gasteiger partial charge is 0.159 e. The minimum atomic E-state index is 0.550. The highest BCUT2D eigenvalue weighted by Crippen LogP contribution is 2.25. The molecule has 0 saturated carbocycles. The predicted molar refractivity (Wildman–Crippen MR) is 70.9 cm³/mol. The van der Waals surface area contributed by atoms with Gasteiger partial charge in [-0.3, -0.25) is 4.98 Å². The van der Waals surface area contributed by atoms with Crippen molar-refractivity contribution in [3.05, 3.63) is 47.2 Å². The Bertz CT molecular complexity index is 506. The zero-order valence-corrected chi connectivity index (χ0v) is 10.5. The van der Waals surface area contributed by atoms with Gasteiger partial charge in [0.25, 0.3) is 0 Å². The van der Waals surface area contributed by atoms with Crippen molar-refractivity contribution in [2.24, 2.45) is 5.84 Å². The summed E-state index contributed by atoms with van der Waals surface area (Å²) < 4.78 is 0. The second kappa shape index (κ2) is 5.86. The summed E-state index contributed by atoms with van der Waals surface area (Å²) in [5, 5.41) is 1.57. The fourth-order valence-electron chi connectivity index (χ4n) is 1.25. The van der Waals surface area contributed by atoms with E-state index >= 15 is 0 Å². The number of hydrogen-bond donors (Lipinski definition) is 2. The maximum Gasteiger partial charge on any atom is 0.159 e. The van der Waals surface area contributed by atoms with E-state index in [1.54, 1.807) is 24.2 Å². The largest absolute Gasteiger partial charge is 0.307 e. The summed E-state index contributed by atoms with van der Waals surface area (Å²) in [5.74, 6) is 6.57. The average molecular weight is 267 g/mol. The Morgan fingerprint density at radius 3 is 2.88 bits per heavy atom. The zero-order valence-electron chi connectivity index (χ0n) is 8.93. The Labute approximate surface area is 109 Å². The number of nitrogens with two attached hydrogens (primary N) is 1. The van der Waals surface area contributed by atoms with E-state index in [0.29, 0.717) is 5.82 Å². The van der Waals surface area contributed by atoms with Gasteiger partial charge in [-0.05, 0) is 11.6 Å². The summed E-state index contributed by atoms with van der Waals surface area (Å²) in [6.07, 6.45) is 3.27. The van der Waals surface area contributed by atoms with Crippen LogP contribution in [0.2, 0.25) is 5.02 Å². The molecule has 0 saturated heterocycles. The molecule has 0 spiro atoms. The monoisotopic (exact) mass is 266 g/mol. The standard InChI is InChI=1S/C11H11ClN4S/c12-9-4-2-1-3-8(9)7-17-11-6-14-5-10(15-11)16-13/h1-6H,7,13H2,(H,15,16). The number of rotatable bonds is 4. The van der Waals surface area contributed by atoms with Crippen LogP contribution in [0.1, 0.15) is 5.56 Å². The number of aromatic nitrogens is 2. The quantitative estimate of drug-likeness (QED) is 0.506. The van der Waals surface area contributed by atoms with Gasteiger partial charge in [0.05, 0.1) is 12.4 Å². The van der Waals surface area contributed by atoms with Crippen LogP contribution in [0.15, 0.2) is 41.7 Å². The predicted octanol–water partition coefficient (Wildman–Crippen LogP) is 2.71. The lowest BCUT2D eigenvalue weighted by atomic mass is 10.2. The molecular formula is C11H11ClN4S. The van der Waals surface area contributed by atoms with Crippen LogP contribution in [0, 0.1) is 0 Å². The van der Waals surface area contributed by atoms with Gasteiger partial charge < -0.3 is 5.43 Å². The summed E-state index contributed by atoms with van der Waals surface area (Å²) in [6, 6.07) is 7.75. The van der Waals surface area contributed by atoms with Gasteiger partial charge >= 0.3 is 0 Å². The van der Waals surface area contributed by atoms with Crippen molar-refractivity contribution in [2.45, 2.75) is 10.8 Å². The molecule has 2 aromatic rings. The van der Waals surface area contributed by atoms with E-state index in [1.165, 1.54) is 0 Å². The minimum absolute atomic E-state index is 0.550. The van der Waals surface area contributed by atoms with E-state index in [-0.39, 0.29) is 0 Å². The normalized spacial score (nSPS) is 10.2. The third kappa shape index (κ3) is 3.33. The van der Waals surface area contributed by atoms with Crippen LogP contribution in [-0.4, -0.2) is 9.97 Å². The highest BCUT2D eigenvalue weighted by Gasteiger charge is 2.02. The SMILES string of the molecule is NNc1cncc(SCc2ccccc2Cl)n1. The molecule has 17 heavy (non-hydrogen) atoms. The van der Waals surface area contributed by atoms with Gasteiger partial charge in [0.1, 0.15) is 5.03 Å². The van der Waals surface area contributed by atoms with Crippen LogP contribution in [-0.2, 0) is 5.75 Å². The molecule has 1 heterocycles. The summed E-state index contributed by atoms with van der Waals surface area (Å²) in [4.78, 5) is 8.29. The minimum Gasteiger partial charge on any atom is -0.307 e. The van der Waals surface area contributed by atoms with Gasteiger partial charge in [-0.2, -0.15) is 0 Å². The fourth-order valence-corrected chi connectivity index (χ4v) is 2.39. The molecule has 1 aromatic carbocycles. The second-order valence-corrected chi connectivity index (χ2v) is 4.67. The maximum absolute atomic E-state index is 6.07. The van der Waals surface area contributed by atoms with E-state index in [4.69, 9.17) is 17.4 Å².